The second-order valence-corrected chi connectivity index (χ2v) is 3.30. The van der Waals surface area contributed by atoms with E-state index in [4.69, 9.17) is 0 Å². The van der Waals surface area contributed by atoms with Crippen molar-refractivity contribution in [2.24, 2.45) is 0 Å². The molecule has 0 aliphatic rings. The summed E-state index contributed by atoms with van der Waals surface area (Å²) >= 11 is 2.28. The molecule has 1 aromatic rings. The van der Waals surface area contributed by atoms with E-state index in [9.17, 15) is 4.79 Å². The smallest absolute Gasteiger partial charge is 0.318 e. The van der Waals surface area contributed by atoms with E-state index in [1.807, 2.05) is 24.3 Å². The number of benzene rings is 1. The molecule has 0 unspecified atom stereocenters. The summed E-state index contributed by atoms with van der Waals surface area (Å²) in [5.74, 6) is 0. The number of amides is 2. The molecule has 0 aromatic heterocycles. The molecule has 2 N–H and O–H groups in total. The first-order valence-electron chi connectivity index (χ1n) is 3.90. The normalized spacial score (nSPS) is 9.38. The number of hydrogen-bond donors (Lipinski definition) is 2. The van der Waals surface area contributed by atoms with Crippen molar-refractivity contribution in [2.75, 3.05) is 12.4 Å². The fourth-order valence-electron chi connectivity index (χ4n) is 0.926. The number of anilines is 1. The fraction of sp³-hybridized carbons (Fsp3) is 0.222. The number of rotatable bonds is 2. The minimum Gasteiger partial charge on any atom is -0.341 e. The number of carbonyl (C=O) groups is 1. The molecule has 0 saturated carbocycles. The number of halogens is 1. The molecule has 2 amide bonds. The van der Waals surface area contributed by atoms with Gasteiger partial charge in [-0.05, 0) is 17.7 Å². The quantitative estimate of drug-likeness (QED) is 0.637. The first-order chi connectivity index (χ1) is 6.26. The van der Waals surface area contributed by atoms with Crippen LogP contribution in [-0.2, 0) is 4.43 Å². The van der Waals surface area contributed by atoms with E-state index in [0.717, 1.165) is 10.1 Å². The molecule has 0 fully saturated rings. The third-order valence-electron chi connectivity index (χ3n) is 1.57. The molecule has 3 nitrogen and oxygen atoms in total. The molecule has 0 atom stereocenters. The standard InChI is InChI=1S/C9H11IN2O/c1-11-9(13)12-8-4-2-3-7(5-8)6-10/h2-5H,6H2,1H3,(H2,11,12,13). The number of hydrogen-bond acceptors (Lipinski definition) is 1. The van der Waals surface area contributed by atoms with Gasteiger partial charge in [-0.25, -0.2) is 4.79 Å². The lowest BCUT2D eigenvalue weighted by Crippen LogP contribution is -2.24. The van der Waals surface area contributed by atoms with Gasteiger partial charge in [0.25, 0.3) is 0 Å². The highest BCUT2D eigenvalue weighted by atomic mass is 127. The first kappa shape index (κ1) is 10.3. The summed E-state index contributed by atoms with van der Waals surface area (Å²) in [6.45, 7) is 0. The predicted molar refractivity (Wildman–Crippen MR) is 62.2 cm³/mol. The van der Waals surface area contributed by atoms with Crippen LogP contribution in [0.3, 0.4) is 0 Å². The molecular weight excluding hydrogens is 279 g/mol. The average molecular weight is 290 g/mol. The number of carbonyl (C=O) groups excluding carboxylic acids is 1. The number of urea groups is 1. The van der Waals surface area contributed by atoms with Gasteiger partial charge in [-0.2, -0.15) is 0 Å². The molecule has 0 heterocycles. The lowest BCUT2D eigenvalue weighted by atomic mass is 10.2. The summed E-state index contributed by atoms with van der Waals surface area (Å²) in [6, 6.07) is 7.60. The van der Waals surface area contributed by atoms with Crippen LogP contribution in [0.1, 0.15) is 5.56 Å². The van der Waals surface area contributed by atoms with E-state index < -0.39 is 0 Å². The van der Waals surface area contributed by atoms with Gasteiger partial charge in [0.1, 0.15) is 0 Å². The van der Waals surface area contributed by atoms with Gasteiger partial charge in [-0.1, -0.05) is 34.7 Å². The maximum atomic E-state index is 11.0. The predicted octanol–water partition coefficient (Wildman–Crippen LogP) is 2.37. The lowest BCUT2D eigenvalue weighted by molar-refractivity contribution is 0.254. The van der Waals surface area contributed by atoms with Gasteiger partial charge in [-0.3, -0.25) is 0 Å². The molecule has 0 bridgehead atoms. The van der Waals surface area contributed by atoms with Crippen molar-refractivity contribution < 1.29 is 4.79 Å². The summed E-state index contributed by atoms with van der Waals surface area (Å²) in [6.07, 6.45) is 0. The zero-order chi connectivity index (χ0) is 9.68. The Bertz CT molecular complexity index is 301. The highest BCUT2D eigenvalue weighted by Crippen LogP contribution is 2.12. The Morgan fingerprint density at radius 2 is 2.31 bits per heavy atom. The van der Waals surface area contributed by atoms with Crippen LogP contribution in [0, 0.1) is 0 Å². The molecule has 0 saturated heterocycles. The molecule has 13 heavy (non-hydrogen) atoms. The zero-order valence-corrected chi connectivity index (χ0v) is 9.46. The molecule has 70 valence electrons. The van der Waals surface area contributed by atoms with Gasteiger partial charge >= 0.3 is 6.03 Å². The highest BCUT2D eigenvalue weighted by molar-refractivity contribution is 14.1. The number of nitrogens with one attached hydrogen (secondary N) is 2. The molecule has 0 aliphatic heterocycles. The van der Waals surface area contributed by atoms with Crippen molar-refractivity contribution in [1.29, 1.82) is 0 Å². The summed E-state index contributed by atoms with van der Waals surface area (Å²) in [5.41, 5.74) is 2.03. The van der Waals surface area contributed by atoms with Gasteiger partial charge < -0.3 is 10.6 Å². The lowest BCUT2D eigenvalue weighted by Gasteiger charge is -2.04. The van der Waals surface area contributed by atoms with Crippen molar-refractivity contribution in [3.63, 3.8) is 0 Å². The van der Waals surface area contributed by atoms with Crippen molar-refractivity contribution >= 4 is 34.3 Å². The van der Waals surface area contributed by atoms with Crippen LogP contribution >= 0.6 is 22.6 Å². The summed E-state index contributed by atoms with van der Waals surface area (Å²) in [4.78, 5) is 11.0. The van der Waals surface area contributed by atoms with E-state index >= 15 is 0 Å². The van der Waals surface area contributed by atoms with Gasteiger partial charge in [0.2, 0.25) is 0 Å². The Hall–Kier alpha value is -0.780. The monoisotopic (exact) mass is 290 g/mol. The largest absolute Gasteiger partial charge is 0.341 e. The minimum atomic E-state index is -0.189. The van der Waals surface area contributed by atoms with Crippen LogP contribution in [0.4, 0.5) is 10.5 Å². The zero-order valence-electron chi connectivity index (χ0n) is 7.30. The van der Waals surface area contributed by atoms with E-state index in [1.54, 1.807) is 7.05 Å². The second kappa shape index (κ2) is 5.06. The van der Waals surface area contributed by atoms with Crippen molar-refractivity contribution in [3.8, 4) is 0 Å². The molecule has 1 aromatic carbocycles. The van der Waals surface area contributed by atoms with Crippen molar-refractivity contribution in [3.05, 3.63) is 29.8 Å². The molecular formula is C9H11IN2O. The SMILES string of the molecule is CNC(=O)Nc1cccc(CI)c1. The van der Waals surface area contributed by atoms with Gasteiger partial charge in [0.05, 0.1) is 0 Å². The van der Waals surface area contributed by atoms with Crippen LogP contribution in [0.15, 0.2) is 24.3 Å². The van der Waals surface area contributed by atoms with E-state index in [0.29, 0.717) is 0 Å². The van der Waals surface area contributed by atoms with Crippen LogP contribution in [0.25, 0.3) is 0 Å². The molecule has 4 heteroatoms. The average Bonchev–Trinajstić information content (AvgIpc) is 2.18. The topological polar surface area (TPSA) is 41.1 Å². The van der Waals surface area contributed by atoms with Gasteiger partial charge in [-0.15, -0.1) is 0 Å². The Morgan fingerprint density at radius 3 is 2.92 bits per heavy atom. The third-order valence-corrected chi connectivity index (χ3v) is 2.45. The molecule has 0 spiro atoms. The Kier molecular flexibility index (Phi) is 4.01. The maximum absolute atomic E-state index is 11.0. The minimum absolute atomic E-state index is 0.189. The fourth-order valence-corrected chi connectivity index (χ4v) is 1.40. The van der Waals surface area contributed by atoms with Gasteiger partial charge in [0, 0.05) is 17.2 Å². The number of alkyl halides is 1. The Labute approximate surface area is 91.0 Å². The highest BCUT2D eigenvalue weighted by Gasteiger charge is 1.98. The Morgan fingerprint density at radius 1 is 1.54 bits per heavy atom. The molecule has 1 rings (SSSR count). The van der Waals surface area contributed by atoms with E-state index in [1.165, 1.54) is 5.56 Å². The van der Waals surface area contributed by atoms with E-state index in [2.05, 4.69) is 33.2 Å². The van der Waals surface area contributed by atoms with E-state index in [-0.39, 0.29) is 6.03 Å². The summed E-state index contributed by atoms with van der Waals surface area (Å²) in [5, 5.41) is 5.21. The van der Waals surface area contributed by atoms with Crippen LogP contribution in [0.5, 0.6) is 0 Å². The maximum Gasteiger partial charge on any atom is 0.318 e. The van der Waals surface area contributed by atoms with Crippen LogP contribution in [-0.4, -0.2) is 13.1 Å². The molecule has 0 radical (unpaired) electrons. The second-order valence-electron chi connectivity index (χ2n) is 2.54. The third kappa shape index (κ3) is 3.22. The first-order valence-corrected chi connectivity index (χ1v) is 5.42. The van der Waals surface area contributed by atoms with Crippen LogP contribution < -0.4 is 10.6 Å². The van der Waals surface area contributed by atoms with Gasteiger partial charge in [0.15, 0.2) is 0 Å². The summed E-state index contributed by atoms with van der Waals surface area (Å²) < 4.78 is 0.945. The van der Waals surface area contributed by atoms with Crippen molar-refractivity contribution in [1.82, 2.24) is 5.32 Å². The Balaban J connectivity index is 2.71. The van der Waals surface area contributed by atoms with Crippen LogP contribution in [0.2, 0.25) is 0 Å². The van der Waals surface area contributed by atoms with Crippen molar-refractivity contribution in [2.45, 2.75) is 4.43 Å². The molecule has 0 aliphatic carbocycles. The summed E-state index contributed by atoms with van der Waals surface area (Å²) in [7, 11) is 1.59.